The Morgan fingerprint density at radius 1 is 1.37 bits per heavy atom. The molecular weight excluding hydrogens is 244 g/mol. The highest BCUT2D eigenvalue weighted by Gasteiger charge is 2.22. The van der Waals surface area contributed by atoms with Gasteiger partial charge in [0.2, 0.25) is 5.91 Å². The number of hydrogen-bond donors (Lipinski definition) is 3. The Balaban J connectivity index is 2.01. The van der Waals surface area contributed by atoms with Crippen molar-refractivity contribution in [3.63, 3.8) is 0 Å². The van der Waals surface area contributed by atoms with Gasteiger partial charge in [-0.1, -0.05) is 19.8 Å². The molecule has 0 radical (unpaired) electrons. The van der Waals surface area contributed by atoms with E-state index in [0.29, 0.717) is 38.3 Å². The highest BCUT2D eigenvalue weighted by Crippen LogP contribution is 2.26. The number of carbonyl (C=O) groups is 1. The van der Waals surface area contributed by atoms with E-state index >= 15 is 0 Å². The van der Waals surface area contributed by atoms with Crippen LogP contribution in [0.25, 0.3) is 0 Å². The maximum absolute atomic E-state index is 10.6. The molecule has 19 heavy (non-hydrogen) atoms. The summed E-state index contributed by atoms with van der Waals surface area (Å²) in [6.45, 7) is 5.86. The minimum absolute atomic E-state index is 0.0306. The number of hydrogen-bond acceptors (Lipinski definition) is 4. The maximum Gasteiger partial charge on any atom is 0.216 e. The van der Waals surface area contributed by atoms with Crippen LogP contribution in [-0.2, 0) is 9.53 Å². The summed E-state index contributed by atoms with van der Waals surface area (Å²) in [4.78, 5) is 10.6. The summed E-state index contributed by atoms with van der Waals surface area (Å²) in [7, 11) is 0. The van der Waals surface area contributed by atoms with Crippen LogP contribution in [0.3, 0.4) is 0 Å². The molecule has 0 aromatic rings. The molecule has 1 aliphatic rings. The fourth-order valence-electron chi connectivity index (χ4n) is 2.42. The third-order valence-electron chi connectivity index (χ3n) is 3.59. The van der Waals surface area contributed by atoms with Crippen molar-refractivity contribution in [3.05, 3.63) is 0 Å². The summed E-state index contributed by atoms with van der Waals surface area (Å²) in [5, 5.41) is 15.6. The first kappa shape index (κ1) is 16.4. The van der Waals surface area contributed by atoms with Crippen molar-refractivity contribution >= 4 is 5.91 Å². The topological polar surface area (TPSA) is 70.6 Å². The highest BCUT2D eigenvalue weighted by atomic mass is 16.5. The summed E-state index contributed by atoms with van der Waals surface area (Å²) >= 11 is 0. The summed E-state index contributed by atoms with van der Waals surface area (Å²) < 4.78 is 5.79. The van der Waals surface area contributed by atoms with E-state index in [4.69, 9.17) is 4.74 Å². The van der Waals surface area contributed by atoms with E-state index in [1.807, 2.05) is 0 Å². The lowest BCUT2D eigenvalue weighted by Gasteiger charge is -2.29. The standard InChI is InChI=1S/C14H28N2O3/c1-11-5-3-4-6-14(11)19-10-13(18)9-15-7-8-16-12(2)17/h11,13-15,18H,3-10H2,1-2H3,(H,16,17). The molecular formula is C14H28N2O3. The molecule has 3 atom stereocenters. The van der Waals surface area contributed by atoms with E-state index in [2.05, 4.69) is 17.6 Å². The fraction of sp³-hybridized carbons (Fsp3) is 0.929. The molecule has 0 bridgehead atoms. The van der Waals surface area contributed by atoms with Gasteiger partial charge in [-0.25, -0.2) is 0 Å². The van der Waals surface area contributed by atoms with Gasteiger partial charge in [-0.05, 0) is 18.8 Å². The Kier molecular flexibility index (Phi) is 8.02. The van der Waals surface area contributed by atoms with Crippen molar-refractivity contribution in [2.75, 3.05) is 26.2 Å². The number of aliphatic hydroxyl groups is 1. The number of rotatable bonds is 8. The first-order valence-corrected chi connectivity index (χ1v) is 7.34. The second-order valence-corrected chi connectivity index (χ2v) is 5.47. The summed E-state index contributed by atoms with van der Waals surface area (Å²) in [6, 6.07) is 0. The normalized spacial score (nSPS) is 25.0. The summed E-state index contributed by atoms with van der Waals surface area (Å²) in [5.74, 6) is 0.575. The third kappa shape index (κ3) is 7.50. The molecule has 0 saturated heterocycles. The first-order chi connectivity index (χ1) is 9.09. The van der Waals surface area contributed by atoms with Crippen LogP contribution >= 0.6 is 0 Å². The molecule has 0 aliphatic heterocycles. The molecule has 112 valence electrons. The monoisotopic (exact) mass is 272 g/mol. The van der Waals surface area contributed by atoms with Crippen LogP contribution in [0.1, 0.15) is 39.5 Å². The van der Waals surface area contributed by atoms with Gasteiger partial charge in [0.1, 0.15) is 0 Å². The minimum atomic E-state index is -0.480. The molecule has 3 N–H and O–H groups in total. The van der Waals surface area contributed by atoms with Gasteiger partial charge in [0, 0.05) is 26.6 Å². The van der Waals surface area contributed by atoms with Gasteiger partial charge in [-0.2, -0.15) is 0 Å². The molecule has 1 amide bonds. The van der Waals surface area contributed by atoms with Gasteiger partial charge >= 0.3 is 0 Å². The molecule has 3 unspecified atom stereocenters. The van der Waals surface area contributed by atoms with Gasteiger partial charge in [0.15, 0.2) is 0 Å². The molecule has 1 saturated carbocycles. The quantitative estimate of drug-likeness (QED) is 0.568. The molecule has 0 heterocycles. The van der Waals surface area contributed by atoms with Crippen LogP contribution in [0.4, 0.5) is 0 Å². The summed E-state index contributed by atoms with van der Waals surface area (Å²) in [6.07, 6.45) is 4.71. The lowest BCUT2D eigenvalue weighted by Crippen LogP contribution is -2.37. The van der Waals surface area contributed by atoms with Gasteiger partial charge in [0.25, 0.3) is 0 Å². The van der Waals surface area contributed by atoms with Gasteiger partial charge in [-0.3, -0.25) is 4.79 Å². The van der Waals surface area contributed by atoms with Gasteiger partial charge < -0.3 is 20.5 Å². The molecule has 0 spiro atoms. The predicted molar refractivity (Wildman–Crippen MR) is 74.9 cm³/mol. The second-order valence-electron chi connectivity index (χ2n) is 5.47. The van der Waals surface area contributed by atoms with Crippen LogP contribution in [0, 0.1) is 5.92 Å². The van der Waals surface area contributed by atoms with Gasteiger partial charge in [0.05, 0.1) is 18.8 Å². The van der Waals surface area contributed by atoms with Crippen molar-refractivity contribution in [2.45, 2.75) is 51.7 Å². The van der Waals surface area contributed by atoms with Crippen LogP contribution in [-0.4, -0.2) is 49.5 Å². The smallest absolute Gasteiger partial charge is 0.216 e. The number of ether oxygens (including phenoxy) is 1. The molecule has 1 fully saturated rings. The van der Waals surface area contributed by atoms with Crippen LogP contribution in [0.15, 0.2) is 0 Å². The largest absolute Gasteiger partial charge is 0.389 e. The van der Waals surface area contributed by atoms with Gasteiger partial charge in [-0.15, -0.1) is 0 Å². The van der Waals surface area contributed by atoms with Crippen LogP contribution in [0.2, 0.25) is 0 Å². The molecule has 5 heteroatoms. The van der Waals surface area contributed by atoms with Crippen molar-refractivity contribution in [1.29, 1.82) is 0 Å². The number of nitrogens with one attached hydrogen (secondary N) is 2. The summed E-state index contributed by atoms with van der Waals surface area (Å²) in [5.41, 5.74) is 0. The Morgan fingerprint density at radius 2 is 2.11 bits per heavy atom. The average Bonchev–Trinajstić information content (AvgIpc) is 2.37. The van der Waals surface area contributed by atoms with E-state index in [-0.39, 0.29) is 5.91 Å². The fourth-order valence-corrected chi connectivity index (χ4v) is 2.42. The lowest BCUT2D eigenvalue weighted by atomic mass is 9.88. The Labute approximate surface area is 116 Å². The zero-order valence-corrected chi connectivity index (χ0v) is 12.2. The minimum Gasteiger partial charge on any atom is -0.389 e. The van der Waals surface area contributed by atoms with E-state index in [0.717, 1.165) is 6.42 Å². The Morgan fingerprint density at radius 3 is 2.79 bits per heavy atom. The van der Waals surface area contributed by atoms with E-state index in [1.165, 1.54) is 26.2 Å². The molecule has 5 nitrogen and oxygen atoms in total. The highest BCUT2D eigenvalue weighted by molar-refractivity contribution is 5.72. The van der Waals surface area contributed by atoms with Crippen LogP contribution in [0.5, 0.6) is 0 Å². The molecule has 0 aromatic heterocycles. The Bertz CT molecular complexity index is 261. The Hall–Kier alpha value is -0.650. The maximum atomic E-state index is 10.6. The third-order valence-corrected chi connectivity index (χ3v) is 3.59. The van der Waals surface area contributed by atoms with E-state index in [9.17, 15) is 9.90 Å². The van der Waals surface area contributed by atoms with Crippen molar-refractivity contribution in [1.82, 2.24) is 10.6 Å². The molecule has 1 aliphatic carbocycles. The number of carbonyl (C=O) groups excluding carboxylic acids is 1. The predicted octanol–water partition coefficient (Wildman–Crippen LogP) is 0.668. The van der Waals surface area contributed by atoms with Crippen molar-refractivity contribution < 1.29 is 14.6 Å². The number of amides is 1. The number of aliphatic hydroxyl groups excluding tert-OH is 1. The van der Waals surface area contributed by atoms with E-state index in [1.54, 1.807) is 0 Å². The molecule has 0 aromatic carbocycles. The lowest BCUT2D eigenvalue weighted by molar-refractivity contribution is -0.118. The first-order valence-electron chi connectivity index (χ1n) is 7.34. The molecule has 1 rings (SSSR count). The van der Waals surface area contributed by atoms with Crippen LogP contribution < -0.4 is 10.6 Å². The zero-order chi connectivity index (χ0) is 14.1. The SMILES string of the molecule is CC(=O)NCCNCC(O)COC1CCCCC1C. The average molecular weight is 272 g/mol. The van der Waals surface area contributed by atoms with Crippen molar-refractivity contribution in [2.24, 2.45) is 5.92 Å². The zero-order valence-electron chi connectivity index (χ0n) is 12.2. The van der Waals surface area contributed by atoms with Crippen molar-refractivity contribution in [3.8, 4) is 0 Å². The van der Waals surface area contributed by atoms with E-state index < -0.39 is 6.10 Å². The second kappa shape index (κ2) is 9.28.